The number of aromatic nitrogens is 3. The maximum absolute atomic E-state index is 13.2. The number of fused-ring (bicyclic) bond motifs is 1. The molecule has 0 spiro atoms. The van der Waals surface area contributed by atoms with E-state index in [0.29, 0.717) is 29.4 Å². The van der Waals surface area contributed by atoms with Gasteiger partial charge in [-0.05, 0) is 58.6 Å². The van der Waals surface area contributed by atoms with Crippen molar-refractivity contribution in [1.82, 2.24) is 20.1 Å². The molecule has 1 fully saturated rings. The molecule has 3 aromatic rings. The van der Waals surface area contributed by atoms with Crippen molar-refractivity contribution in [2.75, 3.05) is 6.54 Å². The molecule has 1 unspecified atom stereocenters. The number of rotatable bonds is 6. The van der Waals surface area contributed by atoms with Crippen LogP contribution in [-0.4, -0.2) is 33.3 Å². The number of hydrogen-bond acceptors (Lipinski definition) is 5. The van der Waals surface area contributed by atoms with Gasteiger partial charge in [-0.2, -0.15) is 5.10 Å². The molecule has 1 aliphatic carbocycles. The molecule has 0 bridgehead atoms. The number of nitrogens with two attached hydrogens (primary N) is 1. The second-order valence-electron chi connectivity index (χ2n) is 7.96. The Morgan fingerprint density at radius 3 is 2.68 bits per heavy atom. The molecule has 7 heteroatoms. The van der Waals surface area contributed by atoms with Crippen LogP contribution in [0.25, 0.3) is 22.3 Å². The maximum atomic E-state index is 13.2. The van der Waals surface area contributed by atoms with Crippen LogP contribution in [0.4, 0.5) is 0 Å². The quantitative estimate of drug-likeness (QED) is 0.682. The average Bonchev–Trinajstić information content (AvgIpc) is 3.31. The molecule has 3 heterocycles. The van der Waals surface area contributed by atoms with Crippen LogP contribution < -0.4 is 11.1 Å². The van der Waals surface area contributed by atoms with E-state index in [-0.39, 0.29) is 18.0 Å². The first-order chi connectivity index (χ1) is 13.4. The van der Waals surface area contributed by atoms with Crippen LogP contribution in [0.2, 0.25) is 0 Å². The lowest BCUT2D eigenvalue weighted by atomic mass is 10.1. The van der Waals surface area contributed by atoms with Crippen LogP contribution in [0.15, 0.2) is 22.7 Å². The third kappa shape index (κ3) is 3.30. The summed E-state index contributed by atoms with van der Waals surface area (Å²) in [7, 11) is 0. The summed E-state index contributed by atoms with van der Waals surface area (Å²) in [6.45, 7) is 8.35. The Labute approximate surface area is 164 Å². The number of furan rings is 1. The van der Waals surface area contributed by atoms with Gasteiger partial charge in [-0.25, -0.2) is 9.67 Å². The van der Waals surface area contributed by atoms with Gasteiger partial charge in [0.1, 0.15) is 11.5 Å². The number of aryl methyl sites for hydroxylation is 2. The molecular formula is C21H27N5O2. The van der Waals surface area contributed by atoms with Crippen LogP contribution >= 0.6 is 0 Å². The molecule has 0 radical (unpaired) electrons. The number of carbonyl (C=O) groups is 1. The first-order valence-corrected chi connectivity index (χ1v) is 9.85. The Balaban J connectivity index is 1.84. The number of carbonyl (C=O) groups excluding carboxylic acids is 1. The highest BCUT2D eigenvalue weighted by molar-refractivity contribution is 6.06. The second kappa shape index (κ2) is 7.05. The molecule has 1 atom stereocenters. The van der Waals surface area contributed by atoms with Gasteiger partial charge < -0.3 is 15.5 Å². The number of nitrogens with one attached hydrogen (secondary N) is 1. The smallest absolute Gasteiger partial charge is 0.252 e. The van der Waals surface area contributed by atoms with Crippen molar-refractivity contribution >= 4 is 16.9 Å². The number of amides is 1. The fraction of sp³-hybridized carbons (Fsp3) is 0.476. The molecule has 1 saturated carbocycles. The van der Waals surface area contributed by atoms with Crippen LogP contribution in [0, 0.1) is 19.8 Å². The topological polar surface area (TPSA) is 99.0 Å². The van der Waals surface area contributed by atoms with Crippen LogP contribution in [0.1, 0.15) is 54.6 Å². The van der Waals surface area contributed by atoms with E-state index in [0.717, 1.165) is 35.3 Å². The van der Waals surface area contributed by atoms with E-state index >= 15 is 0 Å². The lowest BCUT2D eigenvalue weighted by Gasteiger charge is -2.17. The molecule has 4 rings (SSSR count). The summed E-state index contributed by atoms with van der Waals surface area (Å²) in [5.74, 6) is 1.96. The summed E-state index contributed by atoms with van der Waals surface area (Å²) >= 11 is 0. The minimum Gasteiger partial charge on any atom is -0.466 e. The van der Waals surface area contributed by atoms with Gasteiger partial charge in [0, 0.05) is 24.2 Å². The summed E-state index contributed by atoms with van der Waals surface area (Å²) in [5, 5.41) is 8.34. The molecule has 3 aromatic heterocycles. The molecule has 0 aliphatic heterocycles. The predicted molar refractivity (Wildman–Crippen MR) is 108 cm³/mol. The van der Waals surface area contributed by atoms with Gasteiger partial charge in [-0.1, -0.05) is 0 Å². The van der Waals surface area contributed by atoms with Crippen LogP contribution in [0.3, 0.4) is 0 Å². The third-order valence-electron chi connectivity index (χ3n) is 5.38. The van der Waals surface area contributed by atoms with Crippen molar-refractivity contribution in [3.8, 4) is 11.3 Å². The zero-order chi connectivity index (χ0) is 20.0. The summed E-state index contributed by atoms with van der Waals surface area (Å²) in [6, 6.07) is 3.93. The van der Waals surface area contributed by atoms with Gasteiger partial charge in [-0.3, -0.25) is 4.79 Å². The SMILES string of the molecule is Cc1cc(-c2cc(C(=O)NC(CN)C3CC3)c3cnn(C(C)C)c3n2)c(C)o1. The minimum atomic E-state index is -0.128. The van der Waals surface area contributed by atoms with Crippen molar-refractivity contribution in [3.05, 3.63) is 35.4 Å². The Bertz CT molecular complexity index is 1030. The van der Waals surface area contributed by atoms with Gasteiger partial charge in [0.25, 0.3) is 5.91 Å². The molecular weight excluding hydrogens is 354 g/mol. The van der Waals surface area contributed by atoms with Crippen LogP contribution in [0.5, 0.6) is 0 Å². The Hall–Kier alpha value is -2.67. The molecule has 7 nitrogen and oxygen atoms in total. The van der Waals surface area contributed by atoms with Gasteiger partial charge in [0.15, 0.2) is 5.65 Å². The highest BCUT2D eigenvalue weighted by Gasteiger charge is 2.32. The molecule has 1 aliphatic rings. The van der Waals surface area contributed by atoms with E-state index < -0.39 is 0 Å². The van der Waals surface area contributed by atoms with Crippen molar-refractivity contribution in [3.63, 3.8) is 0 Å². The summed E-state index contributed by atoms with van der Waals surface area (Å²) in [5.41, 5.74) is 8.76. The molecule has 0 saturated heterocycles. The fourth-order valence-corrected chi connectivity index (χ4v) is 3.72. The Kier molecular flexibility index (Phi) is 4.71. The highest BCUT2D eigenvalue weighted by atomic mass is 16.3. The third-order valence-corrected chi connectivity index (χ3v) is 5.38. The lowest BCUT2D eigenvalue weighted by Crippen LogP contribution is -2.41. The molecule has 148 valence electrons. The standard InChI is InChI=1S/C21H27N5O2/c1-11(2)26-20-17(10-23-26)16(21(27)25-19(9-22)14-5-6-14)8-18(24-20)15-7-12(3)28-13(15)4/h7-8,10-11,14,19H,5-6,9,22H2,1-4H3,(H,25,27). The van der Waals surface area contributed by atoms with Crippen molar-refractivity contribution in [2.24, 2.45) is 11.7 Å². The van der Waals surface area contributed by atoms with Crippen molar-refractivity contribution in [1.29, 1.82) is 0 Å². The Morgan fingerprint density at radius 2 is 2.11 bits per heavy atom. The first-order valence-electron chi connectivity index (χ1n) is 9.85. The summed E-state index contributed by atoms with van der Waals surface area (Å²) in [4.78, 5) is 18.0. The molecule has 28 heavy (non-hydrogen) atoms. The maximum Gasteiger partial charge on any atom is 0.252 e. The number of nitrogens with zero attached hydrogens (tertiary/aromatic N) is 3. The van der Waals surface area contributed by atoms with Crippen molar-refractivity contribution < 1.29 is 9.21 Å². The number of pyridine rings is 1. The first kappa shape index (κ1) is 18.7. The lowest BCUT2D eigenvalue weighted by molar-refractivity contribution is 0.0935. The summed E-state index contributed by atoms with van der Waals surface area (Å²) < 4.78 is 7.53. The zero-order valence-corrected chi connectivity index (χ0v) is 16.8. The molecule has 3 N–H and O–H groups in total. The number of hydrogen-bond donors (Lipinski definition) is 2. The van der Waals surface area contributed by atoms with Gasteiger partial charge in [0.2, 0.25) is 0 Å². The fourth-order valence-electron chi connectivity index (χ4n) is 3.72. The minimum absolute atomic E-state index is 0.0113. The van der Waals surface area contributed by atoms with Gasteiger partial charge in [-0.15, -0.1) is 0 Å². The van der Waals surface area contributed by atoms with E-state index in [1.54, 1.807) is 6.20 Å². The van der Waals surface area contributed by atoms with E-state index in [9.17, 15) is 4.79 Å². The normalized spacial score (nSPS) is 15.4. The molecule has 0 aromatic carbocycles. The Morgan fingerprint density at radius 1 is 1.36 bits per heavy atom. The second-order valence-corrected chi connectivity index (χ2v) is 7.96. The van der Waals surface area contributed by atoms with E-state index in [2.05, 4.69) is 10.4 Å². The average molecular weight is 381 g/mol. The van der Waals surface area contributed by atoms with E-state index in [4.69, 9.17) is 15.1 Å². The molecule has 1 amide bonds. The highest BCUT2D eigenvalue weighted by Crippen LogP contribution is 2.33. The zero-order valence-electron chi connectivity index (χ0n) is 16.8. The predicted octanol–water partition coefficient (Wildman–Crippen LogP) is 3.36. The van der Waals surface area contributed by atoms with Crippen LogP contribution in [-0.2, 0) is 0 Å². The van der Waals surface area contributed by atoms with E-state index in [1.807, 2.05) is 44.5 Å². The summed E-state index contributed by atoms with van der Waals surface area (Å²) in [6.07, 6.45) is 3.97. The van der Waals surface area contributed by atoms with Gasteiger partial charge in [0.05, 0.1) is 22.8 Å². The van der Waals surface area contributed by atoms with Crippen molar-refractivity contribution in [2.45, 2.75) is 52.6 Å². The monoisotopic (exact) mass is 381 g/mol. The van der Waals surface area contributed by atoms with Gasteiger partial charge >= 0.3 is 0 Å². The largest absolute Gasteiger partial charge is 0.466 e. The van der Waals surface area contributed by atoms with E-state index in [1.165, 1.54) is 0 Å².